The molecule has 1 aliphatic rings. The molecule has 0 bridgehead atoms. The summed E-state index contributed by atoms with van der Waals surface area (Å²) in [5, 5.41) is 0. The van der Waals surface area contributed by atoms with Crippen molar-refractivity contribution in [3.63, 3.8) is 0 Å². The Labute approximate surface area is 40.3 Å². The second kappa shape index (κ2) is 1.15. The van der Waals surface area contributed by atoms with Gasteiger partial charge in [0.1, 0.15) is 6.10 Å². The van der Waals surface area contributed by atoms with Crippen LogP contribution in [0.4, 0.5) is 8.78 Å². The molecular weight excluding hydrogens is 102 g/mol. The normalized spacial score (nSPS) is 30.4. The van der Waals surface area contributed by atoms with E-state index >= 15 is 0 Å². The summed E-state index contributed by atoms with van der Waals surface area (Å²) in [7, 11) is 0. The lowest BCUT2D eigenvalue weighted by Gasteiger charge is -2.01. The Bertz CT molecular complexity index is 72.2. The Morgan fingerprint density at radius 2 is 2.14 bits per heavy atom. The van der Waals surface area contributed by atoms with Crippen LogP contribution in [-0.2, 0) is 4.74 Å². The van der Waals surface area contributed by atoms with Crippen molar-refractivity contribution in [3.8, 4) is 0 Å². The molecule has 3 heteroatoms. The average Bonchev–Trinajstić information content (AvgIpc) is 1.99. The number of hydrogen-bond donors (Lipinski definition) is 0. The van der Waals surface area contributed by atoms with Crippen molar-refractivity contribution < 1.29 is 13.5 Å². The summed E-state index contributed by atoms with van der Waals surface area (Å²) in [6.07, 6.45) is -0.785. The van der Waals surface area contributed by atoms with Crippen molar-refractivity contribution >= 4 is 0 Å². The van der Waals surface area contributed by atoms with E-state index in [-0.39, 0.29) is 6.61 Å². The average molecular weight is 108 g/mol. The Balaban J connectivity index is 2.36. The van der Waals surface area contributed by atoms with E-state index in [1.807, 2.05) is 0 Å². The summed E-state index contributed by atoms with van der Waals surface area (Å²) >= 11 is 0. The number of ether oxygens (including phenoxy) is 1. The molecule has 1 saturated heterocycles. The molecule has 0 saturated carbocycles. The topological polar surface area (TPSA) is 12.5 Å². The summed E-state index contributed by atoms with van der Waals surface area (Å²) in [5.74, 6) is -2.61. The van der Waals surface area contributed by atoms with Gasteiger partial charge in [-0.2, -0.15) is 0 Å². The number of epoxide rings is 1. The van der Waals surface area contributed by atoms with Gasteiger partial charge < -0.3 is 4.74 Å². The fourth-order valence-corrected chi connectivity index (χ4v) is 0.341. The van der Waals surface area contributed by atoms with Crippen molar-refractivity contribution in [3.05, 3.63) is 0 Å². The van der Waals surface area contributed by atoms with E-state index in [1.54, 1.807) is 0 Å². The Morgan fingerprint density at radius 1 is 1.71 bits per heavy atom. The largest absolute Gasteiger partial charge is 0.367 e. The van der Waals surface area contributed by atoms with Gasteiger partial charge in [-0.1, -0.05) is 0 Å². The van der Waals surface area contributed by atoms with Crippen LogP contribution >= 0.6 is 0 Å². The zero-order valence-corrected chi connectivity index (χ0v) is 3.95. The lowest BCUT2D eigenvalue weighted by atomic mass is 10.3. The van der Waals surface area contributed by atoms with E-state index in [2.05, 4.69) is 4.74 Å². The van der Waals surface area contributed by atoms with Crippen LogP contribution in [0.1, 0.15) is 6.92 Å². The summed E-state index contributed by atoms with van der Waals surface area (Å²) < 4.78 is 27.9. The molecule has 1 atom stereocenters. The predicted molar refractivity (Wildman–Crippen MR) is 20.4 cm³/mol. The van der Waals surface area contributed by atoms with Crippen molar-refractivity contribution in [2.45, 2.75) is 19.0 Å². The standard InChI is InChI=1S/C4H6F2O/c1-4(5,6)3-2-7-3/h3H,2H2,1H3/t3-/m0/s1. The van der Waals surface area contributed by atoms with Gasteiger partial charge in [-0.25, -0.2) is 8.78 Å². The molecule has 1 rings (SSSR count). The molecule has 0 aliphatic carbocycles. The van der Waals surface area contributed by atoms with Gasteiger partial charge >= 0.3 is 0 Å². The van der Waals surface area contributed by atoms with Crippen molar-refractivity contribution in [1.82, 2.24) is 0 Å². The Kier molecular flexibility index (Phi) is 0.819. The van der Waals surface area contributed by atoms with Crippen LogP contribution in [0.25, 0.3) is 0 Å². The molecule has 1 aliphatic heterocycles. The van der Waals surface area contributed by atoms with Crippen LogP contribution in [-0.4, -0.2) is 18.6 Å². The van der Waals surface area contributed by atoms with Gasteiger partial charge in [-0.15, -0.1) is 0 Å². The molecule has 0 radical (unpaired) electrons. The molecule has 42 valence electrons. The highest BCUT2D eigenvalue weighted by Crippen LogP contribution is 2.28. The predicted octanol–water partition coefficient (Wildman–Crippen LogP) is 1.04. The first kappa shape index (κ1) is 4.97. The summed E-state index contributed by atoms with van der Waals surface area (Å²) in [5.41, 5.74) is 0. The van der Waals surface area contributed by atoms with Gasteiger partial charge in [0.25, 0.3) is 5.92 Å². The van der Waals surface area contributed by atoms with Crippen LogP contribution < -0.4 is 0 Å². The maximum absolute atomic E-state index is 11.8. The van der Waals surface area contributed by atoms with E-state index in [9.17, 15) is 8.78 Å². The molecule has 0 spiro atoms. The monoisotopic (exact) mass is 108 g/mol. The molecule has 1 nitrogen and oxygen atoms in total. The SMILES string of the molecule is CC(F)(F)[C@@H]1CO1. The summed E-state index contributed by atoms with van der Waals surface area (Å²) in [4.78, 5) is 0. The molecule has 1 fully saturated rings. The lowest BCUT2D eigenvalue weighted by molar-refractivity contribution is -0.00695. The van der Waals surface area contributed by atoms with Crippen LogP contribution in [0.5, 0.6) is 0 Å². The maximum Gasteiger partial charge on any atom is 0.273 e. The molecule has 0 aromatic rings. The van der Waals surface area contributed by atoms with Crippen LogP contribution in [0.3, 0.4) is 0 Å². The van der Waals surface area contributed by atoms with Gasteiger partial charge in [-0.05, 0) is 0 Å². The van der Waals surface area contributed by atoms with Gasteiger partial charge in [0.15, 0.2) is 0 Å². The first-order valence-corrected chi connectivity index (χ1v) is 2.10. The van der Waals surface area contributed by atoms with Gasteiger partial charge in [0.05, 0.1) is 6.61 Å². The van der Waals surface area contributed by atoms with E-state index in [4.69, 9.17) is 0 Å². The zero-order valence-electron chi connectivity index (χ0n) is 3.95. The van der Waals surface area contributed by atoms with Crippen LogP contribution in [0, 0.1) is 0 Å². The molecule has 0 aromatic carbocycles. The third kappa shape index (κ3) is 1.09. The van der Waals surface area contributed by atoms with E-state index in [0.29, 0.717) is 0 Å². The zero-order chi connectivity index (χ0) is 5.49. The molecule has 0 amide bonds. The van der Waals surface area contributed by atoms with Crippen molar-refractivity contribution in [2.24, 2.45) is 0 Å². The minimum Gasteiger partial charge on any atom is -0.367 e. The highest BCUT2D eigenvalue weighted by molar-refractivity contribution is 4.81. The second-order valence-electron chi connectivity index (χ2n) is 1.78. The van der Waals surface area contributed by atoms with Gasteiger partial charge in [0, 0.05) is 6.92 Å². The number of rotatable bonds is 1. The maximum atomic E-state index is 11.8. The third-order valence-electron chi connectivity index (χ3n) is 0.899. The van der Waals surface area contributed by atoms with Crippen molar-refractivity contribution in [2.75, 3.05) is 6.61 Å². The van der Waals surface area contributed by atoms with Crippen LogP contribution in [0.2, 0.25) is 0 Å². The number of alkyl halides is 2. The quantitative estimate of drug-likeness (QED) is 0.457. The third-order valence-corrected chi connectivity index (χ3v) is 0.899. The number of hydrogen-bond acceptors (Lipinski definition) is 1. The second-order valence-corrected chi connectivity index (χ2v) is 1.78. The molecule has 0 aromatic heterocycles. The molecule has 0 N–H and O–H groups in total. The van der Waals surface area contributed by atoms with Crippen LogP contribution in [0.15, 0.2) is 0 Å². The lowest BCUT2D eigenvalue weighted by Crippen LogP contribution is -2.17. The highest BCUT2D eigenvalue weighted by atomic mass is 19.3. The van der Waals surface area contributed by atoms with E-state index < -0.39 is 12.0 Å². The van der Waals surface area contributed by atoms with Gasteiger partial charge in [-0.3, -0.25) is 0 Å². The first-order valence-electron chi connectivity index (χ1n) is 2.10. The van der Waals surface area contributed by atoms with Gasteiger partial charge in [0.2, 0.25) is 0 Å². The van der Waals surface area contributed by atoms with E-state index in [1.165, 1.54) is 0 Å². The summed E-state index contributed by atoms with van der Waals surface area (Å²) in [6, 6.07) is 0. The summed E-state index contributed by atoms with van der Waals surface area (Å²) in [6.45, 7) is 1.09. The first-order chi connectivity index (χ1) is 3.11. The van der Waals surface area contributed by atoms with E-state index in [0.717, 1.165) is 6.92 Å². The Hall–Kier alpha value is -0.180. The van der Waals surface area contributed by atoms with Crippen molar-refractivity contribution in [1.29, 1.82) is 0 Å². The molecule has 0 unspecified atom stereocenters. The highest BCUT2D eigenvalue weighted by Gasteiger charge is 2.44. The molecular formula is C4H6F2O. The fourth-order valence-electron chi connectivity index (χ4n) is 0.341. The minimum atomic E-state index is -2.61. The molecule has 1 heterocycles. The number of halogens is 2. The smallest absolute Gasteiger partial charge is 0.273 e. The Morgan fingerprint density at radius 3 is 2.14 bits per heavy atom. The molecule has 7 heavy (non-hydrogen) atoms. The fraction of sp³-hybridized carbons (Fsp3) is 1.00. The minimum absolute atomic E-state index is 0.226.